The summed E-state index contributed by atoms with van der Waals surface area (Å²) in [6, 6.07) is 4.32. The summed E-state index contributed by atoms with van der Waals surface area (Å²) in [5.41, 5.74) is 6.58. The molecule has 1 aromatic carbocycles. The molecule has 3 N–H and O–H groups in total. The summed E-state index contributed by atoms with van der Waals surface area (Å²) in [6.07, 6.45) is 1.53. The smallest absolute Gasteiger partial charge is 0.272 e. The van der Waals surface area contributed by atoms with Crippen molar-refractivity contribution in [3.05, 3.63) is 39.4 Å². The fourth-order valence-electron chi connectivity index (χ4n) is 1.86. The maximum atomic E-state index is 12.0. The van der Waals surface area contributed by atoms with E-state index >= 15 is 0 Å². The number of hydrogen-bond acceptors (Lipinski definition) is 4. The van der Waals surface area contributed by atoms with Crippen LogP contribution in [0.15, 0.2) is 18.2 Å². The number of carbonyl (C=O) groups excluding carboxylic acids is 1. The first-order chi connectivity index (χ1) is 9.33. The second-order valence-corrected chi connectivity index (χ2v) is 5.01. The molecule has 20 heavy (non-hydrogen) atoms. The van der Waals surface area contributed by atoms with Crippen molar-refractivity contribution in [3.8, 4) is 0 Å². The number of nitrogens with zero attached hydrogens (tertiary/aromatic N) is 1. The first-order valence-corrected chi connectivity index (χ1v) is 6.65. The van der Waals surface area contributed by atoms with Crippen molar-refractivity contribution in [1.82, 2.24) is 5.32 Å². The molecule has 6 nitrogen and oxygen atoms in total. The van der Waals surface area contributed by atoms with Crippen LogP contribution in [-0.2, 0) is 0 Å². The lowest BCUT2D eigenvalue weighted by Crippen LogP contribution is -2.49. The Balaban J connectivity index is 2.79. The maximum Gasteiger partial charge on any atom is 0.272 e. The Labute approximate surface area is 118 Å². The third kappa shape index (κ3) is 3.77. The SMILES string of the molecule is CCC(N)(CC)CNC(=O)c1ccc([N+](=O)[O-])c(C)c1. The van der Waals surface area contributed by atoms with Crippen LogP contribution in [0.3, 0.4) is 0 Å². The van der Waals surface area contributed by atoms with Gasteiger partial charge in [0.2, 0.25) is 0 Å². The first kappa shape index (κ1) is 16.1. The molecule has 0 spiro atoms. The molecule has 0 aliphatic heterocycles. The van der Waals surface area contributed by atoms with E-state index in [1.54, 1.807) is 6.92 Å². The minimum absolute atomic E-state index is 0.0110. The lowest BCUT2D eigenvalue weighted by atomic mass is 9.94. The van der Waals surface area contributed by atoms with Gasteiger partial charge >= 0.3 is 0 Å². The van der Waals surface area contributed by atoms with Gasteiger partial charge in [0.1, 0.15) is 0 Å². The van der Waals surface area contributed by atoms with Crippen molar-refractivity contribution in [2.75, 3.05) is 6.54 Å². The molecule has 0 saturated carbocycles. The summed E-state index contributed by atoms with van der Waals surface area (Å²) in [7, 11) is 0. The summed E-state index contributed by atoms with van der Waals surface area (Å²) in [5, 5.41) is 13.5. The summed E-state index contributed by atoms with van der Waals surface area (Å²) in [4.78, 5) is 22.3. The Morgan fingerprint density at radius 3 is 2.45 bits per heavy atom. The van der Waals surface area contributed by atoms with Gasteiger partial charge in [0, 0.05) is 29.3 Å². The average molecular weight is 279 g/mol. The van der Waals surface area contributed by atoms with Gasteiger partial charge in [0.05, 0.1) is 4.92 Å². The molecule has 0 aromatic heterocycles. The molecular formula is C14H21N3O3. The van der Waals surface area contributed by atoms with Gasteiger partial charge in [-0.15, -0.1) is 0 Å². The van der Waals surface area contributed by atoms with Crippen LogP contribution in [0, 0.1) is 17.0 Å². The molecule has 0 unspecified atom stereocenters. The van der Waals surface area contributed by atoms with Crippen molar-refractivity contribution in [3.63, 3.8) is 0 Å². The quantitative estimate of drug-likeness (QED) is 0.615. The Morgan fingerprint density at radius 1 is 1.40 bits per heavy atom. The van der Waals surface area contributed by atoms with Gasteiger partial charge in [-0.3, -0.25) is 14.9 Å². The summed E-state index contributed by atoms with van der Waals surface area (Å²) in [5.74, 6) is -0.264. The van der Waals surface area contributed by atoms with Crippen LogP contribution < -0.4 is 11.1 Å². The number of nitrogens with one attached hydrogen (secondary N) is 1. The Hall–Kier alpha value is -1.95. The number of nitro benzene ring substituents is 1. The standard InChI is InChI=1S/C14H21N3O3/c1-4-14(15,5-2)9-16-13(18)11-6-7-12(17(19)20)10(3)8-11/h6-8H,4-5,9,15H2,1-3H3,(H,16,18). The second-order valence-electron chi connectivity index (χ2n) is 5.01. The summed E-state index contributed by atoms with van der Waals surface area (Å²) < 4.78 is 0. The van der Waals surface area contributed by atoms with E-state index in [1.165, 1.54) is 18.2 Å². The zero-order valence-corrected chi connectivity index (χ0v) is 12.1. The van der Waals surface area contributed by atoms with Crippen LogP contribution in [0.5, 0.6) is 0 Å². The number of benzene rings is 1. The third-order valence-electron chi connectivity index (χ3n) is 3.66. The number of aryl methyl sites for hydroxylation is 1. The molecule has 0 atom stereocenters. The number of nitrogens with two attached hydrogens (primary N) is 1. The molecule has 0 heterocycles. The van der Waals surface area contributed by atoms with Gasteiger partial charge in [0.15, 0.2) is 0 Å². The third-order valence-corrected chi connectivity index (χ3v) is 3.66. The molecular weight excluding hydrogens is 258 g/mol. The predicted molar refractivity (Wildman–Crippen MR) is 77.7 cm³/mol. The number of nitro groups is 1. The highest BCUT2D eigenvalue weighted by Crippen LogP contribution is 2.19. The van der Waals surface area contributed by atoms with Gasteiger partial charge in [-0.05, 0) is 31.9 Å². The van der Waals surface area contributed by atoms with Crippen LogP contribution in [0.2, 0.25) is 0 Å². The van der Waals surface area contributed by atoms with E-state index in [4.69, 9.17) is 5.73 Å². The minimum atomic E-state index is -0.462. The monoisotopic (exact) mass is 279 g/mol. The predicted octanol–water partition coefficient (Wildman–Crippen LogP) is 2.15. The highest BCUT2D eigenvalue weighted by Gasteiger charge is 2.21. The molecule has 0 aliphatic carbocycles. The molecule has 0 radical (unpaired) electrons. The summed E-state index contributed by atoms with van der Waals surface area (Å²) >= 11 is 0. The lowest BCUT2D eigenvalue weighted by Gasteiger charge is -2.26. The van der Waals surface area contributed by atoms with Gasteiger partial charge < -0.3 is 11.1 Å². The lowest BCUT2D eigenvalue weighted by molar-refractivity contribution is -0.385. The maximum absolute atomic E-state index is 12.0. The molecule has 0 aliphatic rings. The fourth-order valence-corrected chi connectivity index (χ4v) is 1.86. The molecule has 1 rings (SSSR count). The highest BCUT2D eigenvalue weighted by atomic mass is 16.6. The number of hydrogen-bond donors (Lipinski definition) is 2. The topological polar surface area (TPSA) is 98.3 Å². The van der Waals surface area contributed by atoms with Gasteiger partial charge in [-0.25, -0.2) is 0 Å². The molecule has 0 fully saturated rings. The zero-order valence-electron chi connectivity index (χ0n) is 12.1. The van der Waals surface area contributed by atoms with Crippen LogP contribution in [0.1, 0.15) is 42.6 Å². The Bertz CT molecular complexity index is 510. The van der Waals surface area contributed by atoms with Crippen LogP contribution >= 0.6 is 0 Å². The number of amides is 1. The van der Waals surface area contributed by atoms with Crippen molar-refractivity contribution in [1.29, 1.82) is 0 Å². The fraction of sp³-hybridized carbons (Fsp3) is 0.500. The van der Waals surface area contributed by atoms with Gasteiger partial charge in [0.25, 0.3) is 11.6 Å². The van der Waals surface area contributed by atoms with Crippen molar-refractivity contribution in [2.45, 2.75) is 39.2 Å². The van der Waals surface area contributed by atoms with E-state index in [9.17, 15) is 14.9 Å². The highest BCUT2D eigenvalue weighted by molar-refractivity contribution is 5.94. The Kier molecular flexibility index (Phi) is 5.21. The molecule has 110 valence electrons. The van der Waals surface area contributed by atoms with E-state index in [2.05, 4.69) is 5.32 Å². The zero-order chi connectivity index (χ0) is 15.3. The van der Waals surface area contributed by atoms with Crippen LogP contribution in [-0.4, -0.2) is 22.9 Å². The van der Waals surface area contributed by atoms with Crippen molar-refractivity contribution in [2.24, 2.45) is 5.73 Å². The molecule has 0 bridgehead atoms. The second kappa shape index (κ2) is 6.47. The van der Waals surface area contributed by atoms with Crippen molar-refractivity contribution < 1.29 is 9.72 Å². The molecule has 1 aromatic rings. The van der Waals surface area contributed by atoms with E-state index in [0.29, 0.717) is 17.7 Å². The van der Waals surface area contributed by atoms with E-state index in [-0.39, 0.29) is 11.6 Å². The van der Waals surface area contributed by atoms with Crippen molar-refractivity contribution >= 4 is 11.6 Å². The summed E-state index contributed by atoms with van der Waals surface area (Å²) in [6.45, 7) is 5.95. The van der Waals surface area contributed by atoms with Gasteiger partial charge in [-0.1, -0.05) is 13.8 Å². The Morgan fingerprint density at radius 2 is 2.00 bits per heavy atom. The van der Waals surface area contributed by atoms with E-state index in [1.807, 2.05) is 13.8 Å². The normalized spacial score (nSPS) is 11.2. The number of rotatable bonds is 6. The van der Waals surface area contributed by atoms with E-state index < -0.39 is 10.5 Å². The number of carbonyl (C=O) groups is 1. The van der Waals surface area contributed by atoms with Gasteiger partial charge in [-0.2, -0.15) is 0 Å². The molecule has 1 amide bonds. The first-order valence-electron chi connectivity index (χ1n) is 6.65. The van der Waals surface area contributed by atoms with Crippen LogP contribution in [0.25, 0.3) is 0 Å². The van der Waals surface area contributed by atoms with E-state index in [0.717, 1.165) is 12.8 Å². The van der Waals surface area contributed by atoms with Crippen LogP contribution in [0.4, 0.5) is 5.69 Å². The minimum Gasteiger partial charge on any atom is -0.350 e. The molecule has 6 heteroatoms. The molecule has 0 saturated heterocycles. The average Bonchev–Trinajstić information content (AvgIpc) is 2.43. The largest absolute Gasteiger partial charge is 0.350 e.